The Balaban J connectivity index is 2.05. The van der Waals surface area contributed by atoms with Gasteiger partial charge in [-0.05, 0) is 60.3 Å². The molecule has 3 N–H and O–H groups in total. The number of amides is 1. The number of hydrogen-bond donors (Lipinski definition) is 2. The minimum atomic E-state index is -0.504. The SMILES string of the molecule is CC(Oc1c(Br)cccc1CCN)C(=O)NC1CC1. The van der Waals surface area contributed by atoms with Crippen molar-refractivity contribution in [2.75, 3.05) is 6.54 Å². The van der Waals surface area contributed by atoms with Gasteiger partial charge in [0.2, 0.25) is 0 Å². The summed E-state index contributed by atoms with van der Waals surface area (Å²) >= 11 is 3.46. The first kappa shape index (κ1) is 14.3. The van der Waals surface area contributed by atoms with Gasteiger partial charge >= 0.3 is 0 Å². The minimum absolute atomic E-state index is 0.0584. The summed E-state index contributed by atoms with van der Waals surface area (Å²) < 4.78 is 6.66. The first-order valence-electron chi connectivity index (χ1n) is 6.56. The van der Waals surface area contributed by atoms with Gasteiger partial charge in [-0.2, -0.15) is 0 Å². The zero-order valence-electron chi connectivity index (χ0n) is 11.0. The molecule has 0 bridgehead atoms. The zero-order valence-corrected chi connectivity index (χ0v) is 12.6. The molecule has 1 aromatic rings. The van der Waals surface area contributed by atoms with Gasteiger partial charge in [-0.25, -0.2) is 0 Å². The Morgan fingerprint density at radius 1 is 1.58 bits per heavy atom. The van der Waals surface area contributed by atoms with Crippen molar-refractivity contribution in [2.45, 2.75) is 38.3 Å². The topological polar surface area (TPSA) is 64.3 Å². The van der Waals surface area contributed by atoms with Crippen LogP contribution in [0.2, 0.25) is 0 Å². The Morgan fingerprint density at radius 2 is 2.32 bits per heavy atom. The van der Waals surface area contributed by atoms with E-state index in [4.69, 9.17) is 10.5 Å². The lowest BCUT2D eigenvalue weighted by molar-refractivity contribution is -0.127. The molecule has 1 saturated carbocycles. The van der Waals surface area contributed by atoms with Gasteiger partial charge in [-0.1, -0.05) is 12.1 Å². The summed E-state index contributed by atoms with van der Waals surface area (Å²) in [5.41, 5.74) is 6.61. The maximum Gasteiger partial charge on any atom is 0.260 e. The van der Waals surface area contributed by atoms with E-state index in [1.54, 1.807) is 6.92 Å². The summed E-state index contributed by atoms with van der Waals surface area (Å²) in [4.78, 5) is 11.9. The quantitative estimate of drug-likeness (QED) is 0.840. The minimum Gasteiger partial charge on any atom is -0.479 e. The van der Waals surface area contributed by atoms with Crippen LogP contribution >= 0.6 is 15.9 Å². The molecule has 0 radical (unpaired) electrons. The lowest BCUT2D eigenvalue weighted by atomic mass is 10.1. The first-order valence-corrected chi connectivity index (χ1v) is 7.35. The average Bonchev–Trinajstić information content (AvgIpc) is 3.17. The Kier molecular flexibility index (Phi) is 4.82. The predicted molar refractivity (Wildman–Crippen MR) is 78.2 cm³/mol. The van der Waals surface area contributed by atoms with E-state index < -0.39 is 6.10 Å². The Labute approximate surface area is 121 Å². The molecule has 1 fully saturated rings. The second-order valence-electron chi connectivity index (χ2n) is 4.81. The van der Waals surface area contributed by atoms with Crippen molar-refractivity contribution in [2.24, 2.45) is 5.73 Å². The molecule has 0 spiro atoms. The van der Waals surface area contributed by atoms with E-state index in [2.05, 4.69) is 21.2 Å². The molecule has 0 saturated heterocycles. The molecule has 104 valence electrons. The van der Waals surface area contributed by atoms with E-state index in [1.807, 2.05) is 18.2 Å². The summed E-state index contributed by atoms with van der Waals surface area (Å²) in [5, 5.41) is 2.94. The molecule has 1 aliphatic rings. The van der Waals surface area contributed by atoms with Crippen LogP contribution in [0.5, 0.6) is 5.75 Å². The fourth-order valence-electron chi connectivity index (χ4n) is 1.81. The van der Waals surface area contributed by atoms with Crippen LogP contribution in [-0.4, -0.2) is 24.6 Å². The van der Waals surface area contributed by atoms with E-state index >= 15 is 0 Å². The van der Waals surface area contributed by atoms with Gasteiger partial charge < -0.3 is 15.8 Å². The lowest BCUT2D eigenvalue weighted by Crippen LogP contribution is -2.37. The van der Waals surface area contributed by atoms with Crippen LogP contribution in [0.3, 0.4) is 0 Å². The van der Waals surface area contributed by atoms with Gasteiger partial charge in [0.05, 0.1) is 4.47 Å². The van der Waals surface area contributed by atoms with Crippen LogP contribution in [-0.2, 0) is 11.2 Å². The lowest BCUT2D eigenvalue weighted by Gasteiger charge is -2.18. The third kappa shape index (κ3) is 3.94. The third-order valence-corrected chi connectivity index (χ3v) is 3.67. The highest BCUT2D eigenvalue weighted by molar-refractivity contribution is 9.10. The number of carbonyl (C=O) groups excluding carboxylic acids is 1. The number of nitrogens with one attached hydrogen (secondary N) is 1. The number of benzene rings is 1. The molecule has 2 rings (SSSR count). The summed E-state index contributed by atoms with van der Waals surface area (Å²) in [6.07, 6.45) is 2.37. The summed E-state index contributed by atoms with van der Waals surface area (Å²) in [7, 11) is 0. The highest BCUT2D eigenvalue weighted by Gasteiger charge is 2.26. The van der Waals surface area contributed by atoms with Crippen molar-refractivity contribution in [1.29, 1.82) is 0 Å². The molecule has 1 amide bonds. The van der Waals surface area contributed by atoms with Gasteiger partial charge in [0.15, 0.2) is 6.10 Å². The third-order valence-electron chi connectivity index (χ3n) is 3.05. The fraction of sp³-hybridized carbons (Fsp3) is 0.500. The number of carbonyl (C=O) groups is 1. The molecule has 1 aliphatic carbocycles. The fourth-order valence-corrected chi connectivity index (χ4v) is 2.32. The van der Waals surface area contributed by atoms with Crippen molar-refractivity contribution in [3.8, 4) is 5.75 Å². The van der Waals surface area contributed by atoms with E-state index in [0.29, 0.717) is 18.3 Å². The van der Waals surface area contributed by atoms with Crippen molar-refractivity contribution < 1.29 is 9.53 Å². The Bertz CT molecular complexity index is 461. The van der Waals surface area contributed by atoms with Crippen LogP contribution in [0.1, 0.15) is 25.3 Å². The first-order chi connectivity index (χ1) is 9.11. The molecule has 0 heterocycles. The monoisotopic (exact) mass is 326 g/mol. The number of rotatable bonds is 6. The molecule has 5 heteroatoms. The Hall–Kier alpha value is -1.07. The molecule has 4 nitrogen and oxygen atoms in total. The number of para-hydroxylation sites is 1. The molecular formula is C14H19BrN2O2. The molecular weight excluding hydrogens is 308 g/mol. The van der Waals surface area contributed by atoms with Gasteiger partial charge in [0, 0.05) is 6.04 Å². The van der Waals surface area contributed by atoms with Gasteiger partial charge in [-0.15, -0.1) is 0 Å². The molecule has 19 heavy (non-hydrogen) atoms. The van der Waals surface area contributed by atoms with Crippen LogP contribution in [0.15, 0.2) is 22.7 Å². The average molecular weight is 327 g/mol. The highest BCUT2D eigenvalue weighted by Crippen LogP contribution is 2.30. The van der Waals surface area contributed by atoms with E-state index in [-0.39, 0.29) is 5.91 Å². The van der Waals surface area contributed by atoms with Crippen molar-refractivity contribution >= 4 is 21.8 Å². The summed E-state index contributed by atoms with van der Waals surface area (Å²) in [5.74, 6) is 0.656. The number of ether oxygens (including phenoxy) is 1. The molecule has 0 aromatic heterocycles. The summed E-state index contributed by atoms with van der Waals surface area (Å²) in [6.45, 7) is 2.32. The molecule has 0 aliphatic heterocycles. The molecule has 1 unspecified atom stereocenters. The smallest absolute Gasteiger partial charge is 0.260 e. The molecule has 1 aromatic carbocycles. The number of nitrogens with two attached hydrogens (primary N) is 1. The highest BCUT2D eigenvalue weighted by atomic mass is 79.9. The maximum absolute atomic E-state index is 11.9. The second-order valence-corrected chi connectivity index (χ2v) is 5.66. The predicted octanol–water partition coefficient (Wildman–Crippen LogP) is 2.00. The van der Waals surface area contributed by atoms with Crippen LogP contribution in [0, 0.1) is 0 Å². The maximum atomic E-state index is 11.9. The second kappa shape index (κ2) is 6.39. The standard InChI is InChI=1S/C14H19BrN2O2/c1-9(14(18)17-11-5-6-11)19-13-10(7-8-16)3-2-4-12(13)15/h2-4,9,11H,5-8,16H2,1H3,(H,17,18). The number of hydrogen-bond acceptors (Lipinski definition) is 3. The number of halogens is 1. The zero-order chi connectivity index (χ0) is 13.8. The summed E-state index contributed by atoms with van der Waals surface area (Å²) in [6, 6.07) is 6.16. The van der Waals surface area contributed by atoms with Crippen LogP contribution < -0.4 is 15.8 Å². The van der Waals surface area contributed by atoms with Gasteiger partial charge in [-0.3, -0.25) is 4.79 Å². The van der Waals surface area contributed by atoms with Crippen molar-refractivity contribution in [1.82, 2.24) is 5.32 Å². The van der Waals surface area contributed by atoms with Crippen molar-refractivity contribution in [3.63, 3.8) is 0 Å². The van der Waals surface area contributed by atoms with E-state index in [9.17, 15) is 4.79 Å². The van der Waals surface area contributed by atoms with Crippen molar-refractivity contribution in [3.05, 3.63) is 28.2 Å². The van der Waals surface area contributed by atoms with Crippen LogP contribution in [0.25, 0.3) is 0 Å². The largest absolute Gasteiger partial charge is 0.479 e. The van der Waals surface area contributed by atoms with Gasteiger partial charge in [0.1, 0.15) is 5.75 Å². The van der Waals surface area contributed by atoms with E-state index in [0.717, 1.165) is 29.3 Å². The van der Waals surface area contributed by atoms with Gasteiger partial charge in [0.25, 0.3) is 5.91 Å². The normalized spacial score (nSPS) is 15.9. The Morgan fingerprint density at radius 3 is 2.95 bits per heavy atom. The molecule has 1 atom stereocenters. The van der Waals surface area contributed by atoms with E-state index in [1.165, 1.54) is 0 Å². The van der Waals surface area contributed by atoms with Crippen LogP contribution in [0.4, 0.5) is 0 Å².